The predicted octanol–water partition coefficient (Wildman–Crippen LogP) is 3.25. The molecule has 2 amide bonds. The fourth-order valence-electron chi connectivity index (χ4n) is 2.25. The van der Waals surface area contributed by atoms with Gasteiger partial charge in [0.05, 0.1) is 4.92 Å². The molecule has 0 saturated carbocycles. The summed E-state index contributed by atoms with van der Waals surface area (Å²) in [6.45, 7) is 3.89. The number of nitro benzene ring substituents is 1. The molecule has 0 aromatic heterocycles. The number of nitro groups is 1. The monoisotopic (exact) mass is 400 g/mol. The van der Waals surface area contributed by atoms with Gasteiger partial charge in [-0.3, -0.25) is 25.0 Å². The van der Waals surface area contributed by atoms with E-state index in [1.165, 1.54) is 18.2 Å². The molecule has 0 spiro atoms. The van der Waals surface area contributed by atoms with Crippen molar-refractivity contribution in [1.29, 1.82) is 0 Å². The van der Waals surface area contributed by atoms with Gasteiger partial charge in [0.2, 0.25) is 0 Å². The first-order valence-electron chi connectivity index (χ1n) is 8.58. The maximum Gasteiger partial charge on any atom is 0.270 e. The van der Waals surface area contributed by atoms with E-state index in [0.29, 0.717) is 11.3 Å². The van der Waals surface area contributed by atoms with Crippen LogP contribution in [0.4, 0.5) is 11.4 Å². The Labute approximate surface area is 167 Å². The van der Waals surface area contributed by atoms with Gasteiger partial charge < -0.3 is 10.6 Å². The lowest BCUT2D eigenvalue weighted by atomic mass is 10.1. The second-order valence-electron chi connectivity index (χ2n) is 6.08. The van der Waals surface area contributed by atoms with Crippen LogP contribution in [0.1, 0.15) is 41.0 Å². The zero-order valence-electron chi connectivity index (χ0n) is 15.4. The summed E-state index contributed by atoms with van der Waals surface area (Å²) in [5, 5.41) is 19.0. The Morgan fingerprint density at radius 2 is 1.75 bits per heavy atom. The van der Waals surface area contributed by atoms with Crippen LogP contribution in [0.2, 0.25) is 0 Å². The number of hydrogen-bond acceptors (Lipinski definition) is 5. The van der Waals surface area contributed by atoms with Crippen molar-refractivity contribution in [1.82, 2.24) is 10.6 Å². The molecule has 3 N–H and O–H groups in total. The summed E-state index contributed by atoms with van der Waals surface area (Å²) in [5.41, 5.74) is 0.908. The van der Waals surface area contributed by atoms with Crippen LogP contribution in [0, 0.1) is 10.1 Å². The highest BCUT2D eigenvalue weighted by Crippen LogP contribution is 2.14. The zero-order valence-corrected chi connectivity index (χ0v) is 16.2. The Kier molecular flexibility index (Phi) is 7.16. The summed E-state index contributed by atoms with van der Waals surface area (Å²) in [4.78, 5) is 34.7. The van der Waals surface area contributed by atoms with Gasteiger partial charge in [-0.1, -0.05) is 19.1 Å². The summed E-state index contributed by atoms with van der Waals surface area (Å²) in [5.74, 6) is -0.781. The van der Waals surface area contributed by atoms with Crippen molar-refractivity contribution in [2.75, 3.05) is 5.32 Å². The fourth-order valence-corrected chi connectivity index (χ4v) is 2.46. The highest BCUT2D eigenvalue weighted by atomic mass is 32.1. The van der Waals surface area contributed by atoms with Gasteiger partial charge in [-0.2, -0.15) is 0 Å². The molecular formula is C19H20N4O4S. The topological polar surface area (TPSA) is 113 Å². The van der Waals surface area contributed by atoms with Crippen LogP contribution in [0.5, 0.6) is 0 Å². The first-order valence-corrected chi connectivity index (χ1v) is 8.98. The van der Waals surface area contributed by atoms with Gasteiger partial charge in [0, 0.05) is 35.0 Å². The molecule has 8 nitrogen and oxygen atoms in total. The number of anilines is 1. The number of nitrogens with one attached hydrogen (secondary N) is 3. The van der Waals surface area contributed by atoms with Crippen molar-refractivity contribution >= 4 is 40.5 Å². The Hall–Kier alpha value is -3.33. The second-order valence-corrected chi connectivity index (χ2v) is 6.49. The van der Waals surface area contributed by atoms with Crippen molar-refractivity contribution in [2.45, 2.75) is 26.3 Å². The molecule has 28 heavy (non-hydrogen) atoms. The number of benzene rings is 2. The average molecular weight is 400 g/mol. The lowest BCUT2D eigenvalue weighted by Crippen LogP contribution is -2.34. The van der Waals surface area contributed by atoms with E-state index < -0.39 is 10.8 Å². The van der Waals surface area contributed by atoms with E-state index in [-0.39, 0.29) is 28.3 Å². The number of amides is 2. The minimum atomic E-state index is -0.580. The van der Waals surface area contributed by atoms with E-state index in [2.05, 4.69) is 16.0 Å². The van der Waals surface area contributed by atoms with E-state index in [0.717, 1.165) is 12.5 Å². The third-order valence-corrected chi connectivity index (χ3v) is 4.12. The van der Waals surface area contributed by atoms with Gasteiger partial charge in [-0.15, -0.1) is 0 Å². The lowest BCUT2D eigenvalue weighted by Gasteiger charge is -2.13. The van der Waals surface area contributed by atoms with Crippen molar-refractivity contribution < 1.29 is 14.5 Å². The summed E-state index contributed by atoms with van der Waals surface area (Å²) < 4.78 is 0. The molecule has 2 aromatic carbocycles. The van der Waals surface area contributed by atoms with E-state index in [1.54, 1.807) is 24.3 Å². The van der Waals surface area contributed by atoms with Crippen LogP contribution in [0.25, 0.3) is 0 Å². The Bertz CT molecular complexity index is 916. The molecule has 0 aliphatic carbocycles. The van der Waals surface area contributed by atoms with Gasteiger partial charge in [0.1, 0.15) is 0 Å². The molecule has 2 aromatic rings. The van der Waals surface area contributed by atoms with E-state index in [1.807, 2.05) is 13.8 Å². The van der Waals surface area contributed by atoms with Gasteiger partial charge in [-0.25, -0.2) is 0 Å². The third kappa shape index (κ3) is 5.85. The van der Waals surface area contributed by atoms with Crippen LogP contribution < -0.4 is 16.0 Å². The minimum Gasteiger partial charge on any atom is -0.350 e. The summed E-state index contributed by atoms with van der Waals surface area (Å²) >= 11 is 5.12. The predicted molar refractivity (Wildman–Crippen MR) is 110 cm³/mol. The largest absolute Gasteiger partial charge is 0.350 e. The number of nitrogens with zero attached hydrogens (tertiary/aromatic N) is 1. The molecule has 2 rings (SSSR count). The zero-order chi connectivity index (χ0) is 20.7. The summed E-state index contributed by atoms with van der Waals surface area (Å²) in [6.07, 6.45) is 0.817. The molecule has 0 aliphatic heterocycles. The molecule has 146 valence electrons. The first kappa shape index (κ1) is 21.0. The van der Waals surface area contributed by atoms with Crippen LogP contribution in [-0.2, 0) is 0 Å². The van der Waals surface area contributed by atoms with Gasteiger partial charge in [0.25, 0.3) is 17.5 Å². The smallest absolute Gasteiger partial charge is 0.270 e. The van der Waals surface area contributed by atoms with Gasteiger partial charge in [0.15, 0.2) is 5.11 Å². The highest BCUT2D eigenvalue weighted by Gasteiger charge is 2.13. The van der Waals surface area contributed by atoms with Crippen LogP contribution in [0.15, 0.2) is 48.5 Å². The minimum absolute atomic E-state index is 0.0102. The Balaban J connectivity index is 2.02. The second kappa shape index (κ2) is 9.56. The molecule has 0 heterocycles. The maximum atomic E-state index is 12.2. The van der Waals surface area contributed by atoms with Gasteiger partial charge in [-0.05, 0) is 49.8 Å². The van der Waals surface area contributed by atoms with Crippen LogP contribution in [0.3, 0.4) is 0 Å². The van der Waals surface area contributed by atoms with E-state index in [9.17, 15) is 19.7 Å². The molecule has 1 atom stereocenters. The maximum absolute atomic E-state index is 12.2. The summed E-state index contributed by atoms with van der Waals surface area (Å²) in [7, 11) is 0. The first-order chi connectivity index (χ1) is 13.3. The standard InChI is InChI=1S/C19H20N4O4S/c1-3-12(2)20-17(24)13-6-4-8-15(10-13)21-19(28)22-18(25)14-7-5-9-16(11-14)23(26)27/h4-12H,3H2,1-2H3,(H,20,24)(H2,21,22,25,28). The SMILES string of the molecule is CCC(C)NC(=O)c1cccc(NC(=S)NC(=O)c2cccc([N+](=O)[O-])c2)c1. The van der Waals surface area contributed by atoms with E-state index in [4.69, 9.17) is 12.2 Å². The number of carbonyl (C=O) groups excluding carboxylic acids is 2. The van der Waals surface area contributed by atoms with Crippen molar-refractivity contribution in [3.05, 3.63) is 69.8 Å². The van der Waals surface area contributed by atoms with Crippen molar-refractivity contribution in [3.8, 4) is 0 Å². The molecule has 0 bridgehead atoms. The van der Waals surface area contributed by atoms with Crippen LogP contribution >= 0.6 is 12.2 Å². The Morgan fingerprint density at radius 1 is 1.11 bits per heavy atom. The molecule has 0 aliphatic rings. The van der Waals surface area contributed by atoms with Crippen LogP contribution in [-0.4, -0.2) is 27.9 Å². The normalized spacial score (nSPS) is 11.2. The molecule has 1 unspecified atom stereocenters. The molecule has 0 radical (unpaired) electrons. The lowest BCUT2D eigenvalue weighted by molar-refractivity contribution is -0.384. The molecule has 9 heteroatoms. The molecular weight excluding hydrogens is 380 g/mol. The molecule has 0 saturated heterocycles. The number of hydrogen-bond donors (Lipinski definition) is 3. The van der Waals surface area contributed by atoms with Gasteiger partial charge >= 0.3 is 0 Å². The van der Waals surface area contributed by atoms with E-state index >= 15 is 0 Å². The fraction of sp³-hybridized carbons (Fsp3) is 0.211. The quantitative estimate of drug-likeness (QED) is 0.390. The number of rotatable bonds is 6. The summed E-state index contributed by atoms with van der Waals surface area (Å²) in [6, 6.07) is 12.1. The Morgan fingerprint density at radius 3 is 2.39 bits per heavy atom. The number of non-ortho nitro benzene ring substituents is 1. The number of carbonyl (C=O) groups is 2. The highest BCUT2D eigenvalue weighted by molar-refractivity contribution is 7.80. The van der Waals surface area contributed by atoms with Crippen molar-refractivity contribution in [3.63, 3.8) is 0 Å². The number of thiocarbonyl (C=S) groups is 1. The van der Waals surface area contributed by atoms with Crippen molar-refractivity contribution in [2.24, 2.45) is 0 Å². The third-order valence-electron chi connectivity index (χ3n) is 3.92. The average Bonchev–Trinajstić information content (AvgIpc) is 2.67. The molecule has 0 fully saturated rings.